The second kappa shape index (κ2) is 4.97. The van der Waals surface area contributed by atoms with E-state index in [1.807, 2.05) is 6.07 Å². The monoisotopic (exact) mass is 334 g/mol. The van der Waals surface area contributed by atoms with Gasteiger partial charge in [-0.05, 0) is 41.8 Å². The minimum Gasteiger partial charge on any atom is -0.359 e. The number of benzene rings is 2. The van der Waals surface area contributed by atoms with Gasteiger partial charge in [0.2, 0.25) is 5.43 Å². The van der Waals surface area contributed by atoms with Crippen LogP contribution in [0.25, 0.3) is 43.6 Å². The first-order chi connectivity index (χ1) is 11.2. The lowest BCUT2D eigenvalue weighted by molar-refractivity contribution is 1.28. The normalized spacial score (nSPS) is 11.3. The van der Waals surface area contributed by atoms with Crippen molar-refractivity contribution in [2.75, 3.05) is 0 Å². The number of nitrogens with one attached hydrogen (secondary N) is 2. The van der Waals surface area contributed by atoms with E-state index in [1.54, 1.807) is 42.7 Å². The average molecular weight is 335 g/mol. The summed E-state index contributed by atoms with van der Waals surface area (Å²) in [4.78, 5) is 25.0. The van der Waals surface area contributed by atoms with Gasteiger partial charge >= 0.3 is 0 Å². The molecular weight excluding hydrogens is 324 g/mol. The number of H-pyrrole nitrogens is 1. The highest BCUT2D eigenvalue weighted by atomic mass is 35.5. The molecule has 0 amide bonds. The molecule has 0 unspecified atom stereocenters. The maximum Gasteiger partial charge on any atom is 0.214 e. The molecule has 116 valence electrons. The molecule has 0 aliphatic carbocycles. The molecule has 24 heavy (non-hydrogen) atoms. The Labute approximate surface area is 141 Å². The smallest absolute Gasteiger partial charge is 0.214 e. The highest BCUT2D eigenvalue weighted by Crippen LogP contribution is 2.31. The van der Waals surface area contributed by atoms with Gasteiger partial charge in [0.05, 0.1) is 21.9 Å². The Kier molecular flexibility index (Phi) is 3.01. The van der Waals surface area contributed by atoms with Gasteiger partial charge in [-0.2, -0.15) is 0 Å². The number of hydrogen-bond donors (Lipinski definition) is 2. The van der Waals surface area contributed by atoms with E-state index in [9.17, 15) is 4.79 Å². The van der Waals surface area contributed by atoms with E-state index in [0.717, 1.165) is 32.7 Å². The van der Waals surface area contributed by atoms with Crippen molar-refractivity contribution < 1.29 is 0 Å². The first-order valence-corrected chi connectivity index (χ1v) is 7.24. The van der Waals surface area contributed by atoms with Gasteiger partial charge in [0.1, 0.15) is 5.52 Å². The van der Waals surface area contributed by atoms with Crippen LogP contribution in [-0.2, 0) is 0 Å². The number of fused-ring (bicyclic) bond motifs is 4. The predicted molar refractivity (Wildman–Crippen MR) is 97.0 cm³/mol. The van der Waals surface area contributed by atoms with E-state index < -0.39 is 0 Å². The fraction of sp³-hybridized carbons (Fsp3) is 0. The minimum absolute atomic E-state index is 0. The number of halogens is 1. The van der Waals surface area contributed by atoms with E-state index in [0.29, 0.717) is 16.3 Å². The van der Waals surface area contributed by atoms with Crippen LogP contribution < -0.4 is 10.8 Å². The zero-order valence-electron chi connectivity index (χ0n) is 12.3. The molecule has 0 aliphatic rings. The zero-order valence-corrected chi connectivity index (χ0v) is 13.1. The zero-order chi connectivity index (χ0) is 15.6. The largest absolute Gasteiger partial charge is 0.359 e. The lowest BCUT2D eigenvalue weighted by atomic mass is 10.0. The van der Waals surface area contributed by atoms with Gasteiger partial charge in [0, 0.05) is 28.6 Å². The summed E-state index contributed by atoms with van der Waals surface area (Å²) in [7, 11) is 0. The Bertz CT molecular complexity index is 1360. The van der Waals surface area contributed by atoms with Gasteiger partial charge < -0.3 is 10.4 Å². The van der Waals surface area contributed by atoms with Crippen molar-refractivity contribution in [3.05, 3.63) is 64.4 Å². The molecule has 0 spiro atoms. The quantitative estimate of drug-likeness (QED) is 0.337. The molecule has 2 aromatic carbocycles. The molecule has 0 radical (unpaired) electrons. The van der Waals surface area contributed by atoms with Crippen molar-refractivity contribution in [2.24, 2.45) is 0 Å². The van der Waals surface area contributed by atoms with Crippen molar-refractivity contribution in [1.29, 1.82) is 5.41 Å². The molecule has 3 heterocycles. The topological polar surface area (TPSA) is 82.5 Å². The van der Waals surface area contributed by atoms with Crippen molar-refractivity contribution in [2.45, 2.75) is 0 Å². The Morgan fingerprint density at radius 2 is 1.88 bits per heavy atom. The van der Waals surface area contributed by atoms with Gasteiger partial charge in [-0.25, -0.2) is 4.98 Å². The number of hydrogen-bond acceptors (Lipinski definition) is 4. The van der Waals surface area contributed by atoms with E-state index in [1.165, 1.54) is 0 Å². The van der Waals surface area contributed by atoms with Crippen LogP contribution >= 0.6 is 12.4 Å². The molecule has 5 nitrogen and oxygen atoms in total. The maximum absolute atomic E-state index is 12.9. The maximum atomic E-state index is 12.9. The van der Waals surface area contributed by atoms with Crippen LogP contribution in [0.1, 0.15) is 0 Å². The summed E-state index contributed by atoms with van der Waals surface area (Å²) < 4.78 is 0. The third kappa shape index (κ3) is 1.76. The average Bonchev–Trinajstić information content (AvgIpc) is 2.59. The summed E-state index contributed by atoms with van der Waals surface area (Å²) in [5.74, 6) is 0. The van der Waals surface area contributed by atoms with Crippen molar-refractivity contribution in [1.82, 2.24) is 15.0 Å². The fourth-order valence-corrected chi connectivity index (χ4v) is 3.25. The lowest BCUT2D eigenvalue weighted by Gasteiger charge is -2.09. The number of nitrogens with zero attached hydrogens (tertiary/aromatic N) is 2. The van der Waals surface area contributed by atoms with Gasteiger partial charge in [0.15, 0.2) is 0 Å². The van der Waals surface area contributed by atoms with Gasteiger partial charge in [-0.3, -0.25) is 9.78 Å². The Morgan fingerprint density at radius 3 is 2.75 bits per heavy atom. The second-order valence-corrected chi connectivity index (χ2v) is 5.56. The molecule has 0 fully saturated rings. The number of aromatic nitrogens is 3. The van der Waals surface area contributed by atoms with E-state index in [4.69, 9.17) is 5.41 Å². The lowest BCUT2D eigenvalue weighted by Crippen LogP contribution is -2.08. The van der Waals surface area contributed by atoms with Gasteiger partial charge in [0.25, 0.3) is 0 Å². The van der Waals surface area contributed by atoms with Crippen molar-refractivity contribution >= 4 is 56.0 Å². The van der Waals surface area contributed by atoms with Crippen LogP contribution in [0.5, 0.6) is 0 Å². The highest BCUT2D eigenvalue weighted by Gasteiger charge is 2.16. The Morgan fingerprint density at radius 1 is 1.00 bits per heavy atom. The third-order valence-electron chi connectivity index (χ3n) is 4.26. The molecule has 0 aliphatic heterocycles. The molecule has 5 aromatic rings. The summed E-state index contributed by atoms with van der Waals surface area (Å²) in [6, 6.07) is 10.7. The third-order valence-corrected chi connectivity index (χ3v) is 4.26. The van der Waals surface area contributed by atoms with Crippen LogP contribution in [0.4, 0.5) is 0 Å². The van der Waals surface area contributed by atoms with Crippen LogP contribution in [-0.4, -0.2) is 15.0 Å². The second-order valence-electron chi connectivity index (χ2n) is 5.56. The summed E-state index contributed by atoms with van der Waals surface area (Å²) in [5.41, 5.74) is 2.51. The van der Waals surface area contributed by atoms with Gasteiger partial charge in [-0.1, -0.05) is 0 Å². The highest BCUT2D eigenvalue weighted by molar-refractivity contribution is 6.23. The molecule has 0 atom stereocenters. The summed E-state index contributed by atoms with van der Waals surface area (Å²) >= 11 is 0. The molecular formula is C18H11ClN4O. The molecule has 6 heteroatoms. The SMILES string of the molecule is Cl.N=c1ccc2nc3c(=O)c4ccc[nH]c4c4nccc(c2c1)c34. The summed E-state index contributed by atoms with van der Waals surface area (Å²) in [6.07, 6.45) is 3.52. The number of pyridine rings is 3. The predicted octanol–water partition coefficient (Wildman–Crippen LogP) is 3.12. The van der Waals surface area contributed by atoms with Crippen molar-refractivity contribution in [3.8, 4) is 0 Å². The minimum atomic E-state index is -0.0980. The summed E-state index contributed by atoms with van der Waals surface area (Å²) in [5, 5.41) is 11.4. The summed E-state index contributed by atoms with van der Waals surface area (Å²) in [6.45, 7) is 0. The van der Waals surface area contributed by atoms with Crippen LogP contribution in [0.2, 0.25) is 0 Å². The van der Waals surface area contributed by atoms with E-state index in [-0.39, 0.29) is 17.8 Å². The van der Waals surface area contributed by atoms with Crippen LogP contribution in [0, 0.1) is 5.41 Å². The first-order valence-electron chi connectivity index (χ1n) is 7.24. The molecule has 0 saturated heterocycles. The molecule has 3 aromatic heterocycles. The Hall–Kier alpha value is -3.05. The van der Waals surface area contributed by atoms with E-state index in [2.05, 4.69) is 15.0 Å². The van der Waals surface area contributed by atoms with Crippen molar-refractivity contribution in [3.63, 3.8) is 0 Å². The molecule has 0 saturated carbocycles. The number of aromatic amines is 1. The van der Waals surface area contributed by atoms with Crippen LogP contribution in [0.15, 0.2) is 53.6 Å². The Balaban J connectivity index is 0.00000146. The molecule has 2 N–H and O–H groups in total. The van der Waals surface area contributed by atoms with Crippen LogP contribution in [0.3, 0.4) is 0 Å². The standard InChI is InChI=1S/C18H10N4O.ClH/c19-9-3-4-13-12(8-9)10-5-7-21-16-14(10)17(22-13)18(23)11-2-1-6-20-15(11)16;/h1-8,19-20H;1H. The number of rotatable bonds is 0. The van der Waals surface area contributed by atoms with Gasteiger partial charge in [-0.15, -0.1) is 12.4 Å². The van der Waals surface area contributed by atoms with E-state index >= 15 is 0 Å². The fourth-order valence-electron chi connectivity index (χ4n) is 3.25. The molecule has 0 bridgehead atoms. The molecule has 5 rings (SSSR count). The first kappa shape index (κ1) is 14.5.